The fraction of sp³-hybridized carbons (Fsp3) is 0.778. The minimum atomic E-state index is -1.01. The molecule has 0 radical (unpaired) electrons. The van der Waals surface area contributed by atoms with E-state index in [-0.39, 0.29) is 0 Å². The first-order chi connectivity index (χ1) is 7.11. The molecular formula is C9H19N3O3. The van der Waals surface area contributed by atoms with E-state index in [9.17, 15) is 9.59 Å². The zero-order valence-electron chi connectivity index (χ0n) is 8.95. The molecule has 5 N–H and O–H groups in total. The standard InChI is InChI=1S/C9H19N3O3/c1-2-3-4-7(8(13)14)12-9(15)11-6-5-10/h7H,2-6,10H2,1H3,(H,13,14)(H2,11,12,15). The minimum absolute atomic E-state index is 0.333. The lowest BCUT2D eigenvalue weighted by atomic mass is 10.1. The molecule has 0 aliphatic carbocycles. The molecule has 0 spiro atoms. The van der Waals surface area contributed by atoms with Gasteiger partial charge in [-0.2, -0.15) is 0 Å². The normalized spacial score (nSPS) is 11.9. The molecule has 0 fully saturated rings. The number of hydrogen-bond acceptors (Lipinski definition) is 3. The van der Waals surface area contributed by atoms with Crippen molar-refractivity contribution in [2.45, 2.75) is 32.2 Å². The van der Waals surface area contributed by atoms with Crippen LogP contribution in [0.5, 0.6) is 0 Å². The van der Waals surface area contributed by atoms with Crippen LogP contribution in [0, 0.1) is 0 Å². The average Bonchev–Trinajstić information content (AvgIpc) is 2.20. The van der Waals surface area contributed by atoms with Crippen molar-refractivity contribution in [2.75, 3.05) is 13.1 Å². The largest absolute Gasteiger partial charge is 0.480 e. The van der Waals surface area contributed by atoms with Crippen molar-refractivity contribution in [1.82, 2.24) is 10.6 Å². The van der Waals surface area contributed by atoms with E-state index in [0.29, 0.717) is 19.5 Å². The first-order valence-corrected chi connectivity index (χ1v) is 5.09. The molecule has 1 atom stereocenters. The highest BCUT2D eigenvalue weighted by molar-refractivity contribution is 5.82. The van der Waals surface area contributed by atoms with Crippen LogP contribution in [0.3, 0.4) is 0 Å². The second kappa shape index (κ2) is 8.05. The van der Waals surface area contributed by atoms with Crippen LogP contribution in [0.1, 0.15) is 26.2 Å². The summed E-state index contributed by atoms with van der Waals surface area (Å²) in [6.07, 6.45) is 2.12. The summed E-state index contributed by atoms with van der Waals surface area (Å²) in [7, 11) is 0. The smallest absolute Gasteiger partial charge is 0.326 e. The third-order valence-corrected chi connectivity index (χ3v) is 1.88. The molecule has 0 aliphatic heterocycles. The van der Waals surface area contributed by atoms with Gasteiger partial charge < -0.3 is 21.5 Å². The van der Waals surface area contributed by atoms with Crippen molar-refractivity contribution < 1.29 is 14.7 Å². The predicted molar refractivity (Wildman–Crippen MR) is 56.5 cm³/mol. The first kappa shape index (κ1) is 13.7. The van der Waals surface area contributed by atoms with Crippen molar-refractivity contribution in [3.05, 3.63) is 0 Å². The van der Waals surface area contributed by atoms with E-state index in [1.54, 1.807) is 0 Å². The number of hydrogen-bond donors (Lipinski definition) is 4. The molecule has 2 amide bonds. The van der Waals surface area contributed by atoms with Crippen LogP contribution < -0.4 is 16.4 Å². The van der Waals surface area contributed by atoms with Crippen LogP contribution in [0.15, 0.2) is 0 Å². The Bertz CT molecular complexity index is 209. The molecule has 6 heteroatoms. The number of carbonyl (C=O) groups is 2. The Morgan fingerprint density at radius 2 is 2.13 bits per heavy atom. The average molecular weight is 217 g/mol. The van der Waals surface area contributed by atoms with Gasteiger partial charge in [-0.15, -0.1) is 0 Å². The molecule has 0 heterocycles. The molecule has 0 saturated carbocycles. The summed E-state index contributed by atoms with van der Waals surface area (Å²) in [5, 5.41) is 13.6. The van der Waals surface area contributed by atoms with Crippen LogP contribution in [-0.2, 0) is 4.79 Å². The van der Waals surface area contributed by atoms with Gasteiger partial charge in [0.2, 0.25) is 0 Å². The SMILES string of the molecule is CCCCC(NC(=O)NCCN)C(=O)O. The first-order valence-electron chi connectivity index (χ1n) is 5.09. The zero-order chi connectivity index (χ0) is 11.7. The van der Waals surface area contributed by atoms with Crippen LogP contribution in [0.25, 0.3) is 0 Å². The van der Waals surface area contributed by atoms with Gasteiger partial charge in [-0.25, -0.2) is 9.59 Å². The monoisotopic (exact) mass is 217 g/mol. The van der Waals surface area contributed by atoms with Crippen LogP contribution in [-0.4, -0.2) is 36.2 Å². The molecule has 15 heavy (non-hydrogen) atoms. The fourth-order valence-corrected chi connectivity index (χ4v) is 1.06. The molecule has 0 aromatic rings. The number of nitrogens with one attached hydrogen (secondary N) is 2. The molecule has 0 saturated heterocycles. The number of urea groups is 1. The second-order valence-corrected chi connectivity index (χ2v) is 3.22. The van der Waals surface area contributed by atoms with E-state index in [1.807, 2.05) is 6.92 Å². The summed E-state index contributed by atoms with van der Waals surface area (Å²) in [5.41, 5.74) is 5.19. The highest BCUT2D eigenvalue weighted by atomic mass is 16.4. The lowest BCUT2D eigenvalue weighted by molar-refractivity contribution is -0.139. The fourth-order valence-electron chi connectivity index (χ4n) is 1.06. The number of unbranched alkanes of at least 4 members (excludes halogenated alkanes) is 1. The van der Waals surface area contributed by atoms with Gasteiger partial charge in [-0.05, 0) is 6.42 Å². The maximum absolute atomic E-state index is 11.1. The summed E-state index contributed by atoms with van der Waals surface area (Å²) in [6.45, 7) is 2.64. The van der Waals surface area contributed by atoms with E-state index >= 15 is 0 Å². The van der Waals surface area contributed by atoms with Crippen LogP contribution in [0.4, 0.5) is 4.79 Å². The molecule has 0 aromatic carbocycles. The lowest BCUT2D eigenvalue weighted by Crippen LogP contribution is -2.47. The van der Waals surface area contributed by atoms with E-state index in [0.717, 1.165) is 12.8 Å². The third kappa shape index (κ3) is 6.73. The van der Waals surface area contributed by atoms with Gasteiger partial charge in [0.1, 0.15) is 6.04 Å². The maximum atomic E-state index is 11.1. The second-order valence-electron chi connectivity index (χ2n) is 3.22. The highest BCUT2D eigenvalue weighted by Gasteiger charge is 2.18. The van der Waals surface area contributed by atoms with Crippen molar-refractivity contribution in [3.63, 3.8) is 0 Å². The van der Waals surface area contributed by atoms with Crippen molar-refractivity contribution in [3.8, 4) is 0 Å². The van der Waals surface area contributed by atoms with E-state index in [4.69, 9.17) is 10.8 Å². The Morgan fingerprint density at radius 3 is 2.60 bits per heavy atom. The Hall–Kier alpha value is -1.30. The van der Waals surface area contributed by atoms with Gasteiger partial charge in [-0.1, -0.05) is 19.8 Å². The molecule has 0 aromatic heterocycles. The summed E-state index contributed by atoms with van der Waals surface area (Å²) in [5.74, 6) is -1.01. The predicted octanol–water partition coefficient (Wildman–Crippen LogP) is -0.112. The highest BCUT2D eigenvalue weighted by Crippen LogP contribution is 2.00. The summed E-state index contributed by atoms with van der Waals surface area (Å²) >= 11 is 0. The van der Waals surface area contributed by atoms with Gasteiger partial charge in [0.05, 0.1) is 0 Å². The maximum Gasteiger partial charge on any atom is 0.326 e. The molecule has 0 rings (SSSR count). The number of carboxylic acids is 1. The van der Waals surface area contributed by atoms with Gasteiger partial charge in [0.25, 0.3) is 0 Å². The van der Waals surface area contributed by atoms with Crippen molar-refractivity contribution in [2.24, 2.45) is 5.73 Å². The Labute approximate surface area is 89.2 Å². The van der Waals surface area contributed by atoms with Crippen LogP contribution in [0.2, 0.25) is 0 Å². The molecule has 1 unspecified atom stereocenters. The number of rotatable bonds is 7. The number of aliphatic carboxylic acids is 1. The Kier molecular flexibility index (Phi) is 7.35. The lowest BCUT2D eigenvalue weighted by Gasteiger charge is -2.14. The minimum Gasteiger partial charge on any atom is -0.480 e. The molecule has 0 bridgehead atoms. The number of amides is 2. The topological polar surface area (TPSA) is 104 Å². The summed E-state index contributed by atoms with van der Waals surface area (Å²) < 4.78 is 0. The van der Waals surface area contributed by atoms with Gasteiger partial charge >= 0.3 is 12.0 Å². The van der Waals surface area contributed by atoms with E-state index in [1.165, 1.54) is 0 Å². The molecule has 88 valence electrons. The molecule has 6 nitrogen and oxygen atoms in total. The summed E-state index contributed by atoms with van der Waals surface area (Å²) in [4.78, 5) is 21.9. The van der Waals surface area contributed by atoms with E-state index in [2.05, 4.69) is 10.6 Å². The van der Waals surface area contributed by atoms with Crippen LogP contribution >= 0.6 is 0 Å². The Balaban J connectivity index is 3.93. The van der Waals surface area contributed by atoms with Gasteiger partial charge in [0, 0.05) is 13.1 Å². The number of carboxylic acid groups (broad SMARTS) is 1. The van der Waals surface area contributed by atoms with Crippen molar-refractivity contribution >= 4 is 12.0 Å². The third-order valence-electron chi connectivity index (χ3n) is 1.88. The van der Waals surface area contributed by atoms with Gasteiger partial charge in [0.15, 0.2) is 0 Å². The Morgan fingerprint density at radius 1 is 1.47 bits per heavy atom. The number of nitrogens with two attached hydrogens (primary N) is 1. The molecular weight excluding hydrogens is 198 g/mol. The molecule has 0 aliphatic rings. The van der Waals surface area contributed by atoms with Crippen molar-refractivity contribution in [1.29, 1.82) is 0 Å². The zero-order valence-corrected chi connectivity index (χ0v) is 8.95. The quantitative estimate of drug-likeness (QED) is 0.477. The number of carbonyl (C=O) groups excluding carboxylic acids is 1. The van der Waals surface area contributed by atoms with Gasteiger partial charge in [-0.3, -0.25) is 0 Å². The summed E-state index contributed by atoms with van der Waals surface area (Å²) in [6, 6.07) is -1.30. The van der Waals surface area contributed by atoms with E-state index < -0.39 is 18.0 Å².